The molecule has 0 radical (unpaired) electrons. The fourth-order valence-electron chi connectivity index (χ4n) is 2.10. The Balaban J connectivity index is 1.72. The van der Waals surface area contributed by atoms with Crippen LogP contribution >= 0.6 is 0 Å². The van der Waals surface area contributed by atoms with Gasteiger partial charge in [0.1, 0.15) is 0 Å². The molecule has 0 aromatic heterocycles. The number of allylic oxidation sites excluding steroid dienone is 1. The van der Waals surface area contributed by atoms with Gasteiger partial charge in [0.2, 0.25) is 0 Å². The molecule has 14 heavy (non-hydrogen) atoms. The summed E-state index contributed by atoms with van der Waals surface area (Å²) in [4.78, 5) is 0. The van der Waals surface area contributed by atoms with Crippen LogP contribution in [-0.2, 0) is 0 Å². The molecule has 1 fully saturated rings. The van der Waals surface area contributed by atoms with Crippen LogP contribution in [-0.4, -0.2) is 12.6 Å². The van der Waals surface area contributed by atoms with E-state index in [-0.39, 0.29) is 0 Å². The quantitative estimate of drug-likeness (QED) is 0.691. The normalized spacial score (nSPS) is 28.4. The predicted molar refractivity (Wildman–Crippen MR) is 56.7 cm³/mol. The molecule has 0 spiro atoms. The van der Waals surface area contributed by atoms with Crippen LogP contribution in [0.5, 0.6) is 0 Å². The highest BCUT2D eigenvalue weighted by molar-refractivity contribution is 5.02. The van der Waals surface area contributed by atoms with Crippen molar-refractivity contribution in [2.45, 2.75) is 44.6 Å². The van der Waals surface area contributed by atoms with Gasteiger partial charge in [-0.25, -0.2) is 0 Å². The lowest BCUT2D eigenvalue weighted by molar-refractivity contribution is 0.397. The second-order valence-corrected chi connectivity index (χ2v) is 4.70. The SMILES string of the molecule is N#CCC1(CNC2CC=CCC2)CC1. The molecule has 0 aliphatic heterocycles. The van der Waals surface area contributed by atoms with Gasteiger partial charge in [-0.2, -0.15) is 5.26 Å². The average Bonchev–Trinajstić information content (AvgIpc) is 2.98. The second-order valence-electron chi connectivity index (χ2n) is 4.70. The highest BCUT2D eigenvalue weighted by Crippen LogP contribution is 2.48. The minimum Gasteiger partial charge on any atom is -0.313 e. The van der Waals surface area contributed by atoms with Gasteiger partial charge in [-0.3, -0.25) is 0 Å². The summed E-state index contributed by atoms with van der Waals surface area (Å²) in [7, 11) is 0. The Kier molecular flexibility index (Phi) is 2.88. The van der Waals surface area contributed by atoms with E-state index in [0.29, 0.717) is 11.5 Å². The van der Waals surface area contributed by atoms with Crippen molar-refractivity contribution in [2.75, 3.05) is 6.54 Å². The van der Waals surface area contributed by atoms with Gasteiger partial charge in [0.25, 0.3) is 0 Å². The summed E-state index contributed by atoms with van der Waals surface area (Å²) in [5.41, 5.74) is 0.357. The molecule has 0 bridgehead atoms. The standard InChI is InChI=1S/C12H18N2/c13-9-8-12(6-7-12)10-14-11-4-2-1-3-5-11/h1-2,11,14H,3-8,10H2. The van der Waals surface area contributed by atoms with Crippen molar-refractivity contribution in [1.82, 2.24) is 5.32 Å². The summed E-state index contributed by atoms with van der Waals surface area (Å²) in [6, 6.07) is 2.97. The summed E-state index contributed by atoms with van der Waals surface area (Å²) < 4.78 is 0. The summed E-state index contributed by atoms with van der Waals surface area (Å²) in [5, 5.41) is 12.3. The first-order valence-electron chi connectivity index (χ1n) is 5.60. The number of hydrogen-bond acceptors (Lipinski definition) is 2. The van der Waals surface area contributed by atoms with Crippen LogP contribution in [0.4, 0.5) is 0 Å². The van der Waals surface area contributed by atoms with E-state index in [4.69, 9.17) is 5.26 Å². The van der Waals surface area contributed by atoms with Crippen molar-refractivity contribution in [3.05, 3.63) is 12.2 Å². The molecule has 0 heterocycles. The summed E-state index contributed by atoms with van der Waals surface area (Å²) in [6.07, 6.45) is 11.4. The highest BCUT2D eigenvalue weighted by atomic mass is 14.9. The monoisotopic (exact) mass is 190 g/mol. The molecule has 2 aliphatic carbocycles. The van der Waals surface area contributed by atoms with E-state index in [0.717, 1.165) is 13.0 Å². The smallest absolute Gasteiger partial charge is 0.0628 e. The minimum atomic E-state index is 0.357. The number of nitrogens with one attached hydrogen (secondary N) is 1. The molecule has 0 saturated heterocycles. The first-order valence-corrected chi connectivity index (χ1v) is 5.60. The van der Waals surface area contributed by atoms with E-state index in [1.165, 1.54) is 32.1 Å². The average molecular weight is 190 g/mol. The molecule has 76 valence electrons. The molecule has 2 nitrogen and oxygen atoms in total. The van der Waals surface area contributed by atoms with Gasteiger partial charge in [0, 0.05) is 19.0 Å². The van der Waals surface area contributed by atoms with Gasteiger partial charge in [-0.1, -0.05) is 12.2 Å². The third-order valence-corrected chi connectivity index (χ3v) is 3.45. The maximum absolute atomic E-state index is 8.69. The van der Waals surface area contributed by atoms with Crippen LogP contribution in [0.1, 0.15) is 38.5 Å². The van der Waals surface area contributed by atoms with Crippen molar-refractivity contribution >= 4 is 0 Å². The zero-order chi connectivity index (χ0) is 9.86. The van der Waals surface area contributed by atoms with Gasteiger partial charge in [-0.05, 0) is 37.5 Å². The molecule has 2 heteroatoms. The molecular weight excluding hydrogens is 172 g/mol. The maximum Gasteiger partial charge on any atom is 0.0628 e. The van der Waals surface area contributed by atoms with Crippen molar-refractivity contribution in [2.24, 2.45) is 5.41 Å². The number of hydrogen-bond donors (Lipinski definition) is 1. The summed E-state index contributed by atoms with van der Waals surface area (Å²) in [6.45, 7) is 1.05. The highest BCUT2D eigenvalue weighted by Gasteiger charge is 2.42. The van der Waals surface area contributed by atoms with E-state index in [1.807, 2.05) is 0 Å². The predicted octanol–water partition coefficient (Wildman–Crippen LogP) is 2.38. The molecule has 1 saturated carbocycles. The number of nitriles is 1. The molecular formula is C12H18N2. The molecule has 1 N–H and O–H groups in total. The van der Waals surface area contributed by atoms with Crippen LogP contribution in [0.15, 0.2) is 12.2 Å². The molecule has 1 unspecified atom stereocenters. The molecule has 2 rings (SSSR count). The third kappa shape index (κ3) is 2.36. The van der Waals surface area contributed by atoms with Crippen LogP contribution in [0.2, 0.25) is 0 Å². The third-order valence-electron chi connectivity index (χ3n) is 3.45. The van der Waals surface area contributed by atoms with Crippen LogP contribution in [0, 0.1) is 16.7 Å². The number of nitrogens with zero attached hydrogens (tertiary/aromatic N) is 1. The molecule has 0 aromatic carbocycles. The molecule has 0 aromatic rings. The van der Waals surface area contributed by atoms with E-state index >= 15 is 0 Å². The zero-order valence-electron chi connectivity index (χ0n) is 8.63. The van der Waals surface area contributed by atoms with Gasteiger partial charge < -0.3 is 5.32 Å². The van der Waals surface area contributed by atoms with Crippen molar-refractivity contribution in [3.63, 3.8) is 0 Å². The van der Waals surface area contributed by atoms with Crippen molar-refractivity contribution < 1.29 is 0 Å². The van der Waals surface area contributed by atoms with Gasteiger partial charge in [-0.15, -0.1) is 0 Å². The van der Waals surface area contributed by atoms with Crippen molar-refractivity contribution in [1.29, 1.82) is 5.26 Å². The Labute approximate surface area is 86.0 Å². The molecule has 0 amide bonds. The van der Waals surface area contributed by atoms with E-state index < -0.39 is 0 Å². The fourth-order valence-corrected chi connectivity index (χ4v) is 2.10. The van der Waals surface area contributed by atoms with Gasteiger partial charge in [0.05, 0.1) is 6.07 Å². The minimum absolute atomic E-state index is 0.357. The van der Waals surface area contributed by atoms with Gasteiger partial charge in [0.15, 0.2) is 0 Å². The topological polar surface area (TPSA) is 35.8 Å². The van der Waals surface area contributed by atoms with Crippen LogP contribution in [0.25, 0.3) is 0 Å². The first kappa shape index (κ1) is 9.73. The maximum atomic E-state index is 8.69. The van der Waals surface area contributed by atoms with E-state index in [2.05, 4.69) is 23.5 Å². The first-order chi connectivity index (χ1) is 6.85. The zero-order valence-corrected chi connectivity index (χ0v) is 8.63. The van der Waals surface area contributed by atoms with E-state index in [9.17, 15) is 0 Å². The van der Waals surface area contributed by atoms with Gasteiger partial charge >= 0.3 is 0 Å². The summed E-state index contributed by atoms with van der Waals surface area (Å²) >= 11 is 0. The Bertz CT molecular complexity index is 258. The lowest BCUT2D eigenvalue weighted by atomic mass is 9.99. The Morgan fingerprint density at radius 1 is 1.43 bits per heavy atom. The lowest BCUT2D eigenvalue weighted by Gasteiger charge is -2.22. The largest absolute Gasteiger partial charge is 0.313 e. The fraction of sp³-hybridized carbons (Fsp3) is 0.750. The van der Waals surface area contributed by atoms with Crippen LogP contribution in [0.3, 0.4) is 0 Å². The van der Waals surface area contributed by atoms with Crippen LogP contribution < -0.4 is 5.32 Å². The molecule has 1 atom stereocenters. The van der Waals surface area contributed by atoms with Crippen molar-refractivity contribution in [3.8, 4) is 6.07 Å². The second kappa shape index (κ2) is 4.14. The Morgan fingerprint density at radius 3 is 2.86 bits per heavy atom. The Hall–Kier alpha value is -0.810. The Morgan fingerprint density at radius 2 is 2.29 bits per heavy atom. The number of rotatable bonds is 4. The molecule has 2 aliphatic rings. The lowest BCUT2D eigenvalue weighted by Crippen LogP contribution is -2.34. The van der Waals surface area contributed by atoms with E-state index in [1.54, 1.807) is 0 Å². The summed E-state index contributed by atoms with van der Waals surface area (Å²) in [5.74, 6) is 0.